The van der Waals surface area contributed by atoms with Gasteiger partial charge in [-0.25, -0.2) is 8.78 Å². The Morgan fingerprint density at radius 3 is 2.33 bits per heavy atom. The van der Waals surface area contributed by atoms with E-state index in [-0.39, 0.29) is 11.0 Å². The third kappa shape index (κ3) is 1.46. The first kappa shape index (κ1) is 10.6. The van der Waals surface area contributed by atoms with Gasteiger partial charge < -0.3 is 5.73 Å². The number of nitrogens with two attached hydrogens (primary N) is 1. The molecule has 0 radical (unpaired) electrons. The van der Waals surface area contributed by atoms with Gasteiger partial charge in [0, 0.05) is 17.5 Å². The van der Waals surface area contributed by atoms with Crippen molar-refractivity contribution in [2.24, 2.45) is 5.73 Å². The average molecular weight is 211 g/mol. The predicted octanol–water partition coefficient (Wildman–Crippen LogP) is 2.57. The van der Waals surface area contributed by atoms with Crippen LogP contribution >= 0.6 is 0 Å². The van der Waals surface area contributed by atoms with Crippen molar-refractivity contribution in [1.82, 2.24) is 0 Å². The van der Waals surface area contributed by atoms with E-state index >= 15 is 0 Å². The maximum Gasteiger partial charge on any atom is 0.132 e. The molecule has 0 amide bonds. The van der Waals surface area contributed by atoms with E-state index in [0.29, 0.717) is 12.1 Å². The molecular formula is C12H15F2N. The second-order valence-electron chi connectivity index (χ2n) is 4.45. The molecule has 0 aliphatic heterocycles. The van der Waals surface area contributed by atoms with E-state index < -0.39 is 11.6 Å². The summed E-state index contributed by atoms with van der Waals surface area (Å²) in [6, 6.07) is 1.45. The van der Waals surface area contributed by atoms with Crippen LogP contribution < -0.4 is 5.73 Å². The monoisotopic (exact) mass is 211 g/mol. The molecule has 1 aromatic carbocycles. The minimum atomic E-state index is -0.465. The summed E-state index contributed by atoms with van der Waals surface area (Å²) in [6.45, 7) is 3.63. The summed E-state index contributed by atoms with van der Waals surface area (Å²) in [5.41, 5.74) is 6.92. The first-order valence-corrected chi connectivity index (χ1v) is 5.17. The topological polar surface area (TPSA) is 26.0 Å². The van der Waals surface area contributed by atoms with Crippen LogP contribution in [-0.2, 0) is 5.41 Å². The summed E-state index contributed by atoms with van der Waals surface area (Å²) in [4.78, 5) is 0. The molecule has 1 aliphatic carbocycles. The number of halogens is 2. The number of rotatable bonds is 2. The van der Waals surface area contributed by atoms with Crippen molar-refractivity contribution in [2.45, 2.75) is 32.1 Å². The number of benzene rings is 1. The van der Waals surface area contributed by atoms with Crippen LogP contribution in [0.2, 0.25) is 0 Å². The molecule has 1 saturated carbocycles. The van der Waals surface area contributed by atoms with Gasteiger partial charge in [0.05, 0.1) is 0 Å². The highest BCUT2D eigenvalue weighted by atomic mass is 19.1. The minimum Gasteiger partial charge on any atom is -0.330 e. The van der Waals surface area contributed by atoms with Crippen LogP contribution in [0.1, 0.15) is 29.5 Å². The van der Waals surface area contributed by atoms with E-state index in [9.17, 15) is 8.78 Å². The molecule has 1 nitrogen and oxygen atoms in total. The molecule has 0 heterocycles. The van der Waals surface area contributed by atoms with Crippen LogP contribution in [0.15, 0.2) is 6.07 Å². The summed E-state index contributed by atoms with van der Waals surface area (Å²) in [5, 5.41) is 0. The van der Waals surface area contributed by atoms with Gasteiger partial charge in [0.1, 0.15) is 11.6 Å². The van der Waals surface area contributed by atoms with E-state index in [0.717, 1.165) is 18.4 Å². The average Bonchev–Trinajstić information content (AvgIpc) is 3.01. The summed E-state index contributed by atoms with van der Waals surface area (Å²) in [5.74, 6) is -0.891. The highest BCUT2D eigenvalue weighted by molar-refractivity contribution is 5.42. The van der Waals surface area contributed by atoms with Gasteiger partial charge in [-0.15, -0.1) is 0 Å². The summed E-state index contributed by atoms with van der Waals surface area (Å²) in [6.07, 6.45) is 1.87. The molecule has 0 unspecified atom stereocenters. The molecule has 0 bridgehead atoms. The molecular weight excluding hydrogens is 196 g/mol. The van der Waals surface area contributed by atoms with E-state index in [1.807, 2.05) is 0 Å². The van der Waals surface area contributed by atoms with Crippen LogP contribution in [0.25, 0.3) is 0 Å². The quantitative estimate of drug-likeness (QED) is 0.799. The highest BCUT2D eigenvalue weighted by Crippen LogP contribution is 2.49. The van der Waals surface area contributed by atoms with E-state index in [1.165, 1.54) is 13.0 Å². The summed E-state index contributed by atoms with van der Waals surface area (Å²) < 4.78 is 27.1. The molecule has 15 heavy (non-hydrogen) atoms. The van der Waals surface area contributed by atoms with Crippen molar-refractivity contribution in [1.29, 1.82) is 0 Å². The van der Waals surface area contributed by atoms with Crippen molar-refractivity contribution < 1.29 is 8.78 Å². The molecule has 0 atom stereocenters. The summed E-state index contributed by atoms with van der Waals surface area (Å²) in [7, 11) is 0. The fourth-order valence-electron chi connectivity index (χ4n) is 2.13. The first-order chi connectivity index (χ1) is 7.02. The Morgan fingerprint density at radius 2 is 1.87 bits per heavy atom. The molecule has 2 N–H and O–H groups in total. The lowest BCUT2D eigenvalue weighted by Crippen LogP contribution is -2.21. The van der Waals surface area contributed by atoms with Crippen LogP contribution in [-0.4, -0.2) is 6.54 Å². The lowest BCUT2D eigenvalue weighted by Gasteiger charge is -2.17. The lowest BCUT2D eigenvalue weighted by atomic mass is 9.90. The maximum absolute atomic E-state index is 13.7. The van der Waals surface area contributed by atoms with Crippen LogP contribution in [0, 0.1) is 25.5 Å². The highest BCUT2D eigenvalue weighted by Gasteiger charge is 2.44. The smallest absolute Gasteiger partial charge is 0.132 e. The zero-order valence-corrected chi connectivity index (χ0v) is 9.03. The van der Waals surface area contributed by atoms with Gasteiger partial charge in [0.2, 0.25) is 0 Å². The number of hydrogen-bond acceptors (Lipinski definition) is 1. The first-order valence-electron chi connectivity index (χ1n) is 5.17. The molecule has 1 aliphatic rings. The molecule has 0 aromatic heterocycles. The van der Waals surface area contributed by atoms with Gasteiger partial charge >= 0.3 is 0 Å². The molecule has 1 fully saturated rings. The van der Waals surface area contributed by atoms with Gasteiger partial charge in [0.15, 0.2) is 0 Å². The van der Waals surface area contributed by atoms with Gasteiger partial charge in [0.25, 0.3) is 0 Å². The fourth-order valence-corrected chi connectivity index (χ4v) is 2.13. The third-order valence-corrected chi connectivity index (χ3v) is 3.51. The maximum atomic E-state index is 13.7. The molecule has 0 spiro atoms. The molecule has 3 heteroatoms. The second-order valence-corrected chi connectivity index (χ2v) is 4.45. The van der Waals surface area contributed by atoms with Gasteiger partial charge in [-0.3, -0.25) is 0 Å². The van der Waals surface area contributed by atoms with Crippen molar-refractivity contribution >= 4 is 0 Å². The largest absolute Gasteiger partial charge is 0.330 e. The van der Waals surface area contributed by atoms with E-state index in [1.54, 1.807) is 6.92 Å². The standard InChI is InChI=1S/C12H15F2N/c1-7-9(12(6-15)3-4-12)5-10(13)8(2)11(7)14/h5H,3-4,6,15H2,1-2H3. The van der Waals surface area contributed by atoms with E-state index in [2.05, 4.69) is 0 Å². The molecule has 82 valence electrons. The Balaban J connectivity index is 2.58. The second kappa shape index (κ2) is 3.27. The van der Waals surface area contributed by atoms with Crippen LogP contribution in [0.4, 0.5) is 8.78 Å². The predicted molar refractivity (Wildman–Crippen MR) is 55.8 cm³/mol. The Kier molecular flexibility index (Phi) is 2.30. The van der Waals surface area contributed by atoms with Gasteiger partial charge in [-0.2, -0.15) is 0 Å². The van der Waals surface area contributed by atoms with Gasteiger partial charge in [-0.05, 0) is 43.9 Å². The molecule has 1 aromatic rings. The number of hydrogen-bond donors (Lipinski definition) is 1. The molecule has 2 rings (SSSR count). The van der Waals surface area contributed by atoms with Gasteiger partial charge in [-0.1, -0.05) is 0 Å². The Morgan fingerprint density at radius 1 is 1.27 bits per heavy atom. The zero-order chi connectivity index (χ0) is 11.2. The van der Waals surface area contributed by atoms with E-state index in [4.69, 9.17) is 5.73 Å². The molecule has 0 saturated heterocycles. The third-order valence-electron chi connectivity index (χ3n) is 3.51. The normalized spacial score (nSPS) is 17.9. The Labute approximate surface area is 88.3 Å². The van der Waals surface area contributed by atoms with Crippen molar-refractivity contribution in [3.8, 4) is 0 Å². The fraction of sp³-hybridized carbons (Fsp3) is 0.500. The van der Waals surface area contributed by atoms with Crippen LogP contribution in [0.5, 0.6) is 0 Å². The Hall–Kier alpha value is -0.960. The lowest BCUT2D eigenvalue weighted by molar-refractivity contribution is 0.549. The van der Waals surface area contributed by atoms with Crippen LogP contribution in [0.3, 0.4) is 0 Å². The Bertz CT molecular complexity index is 409. The SMILES string of the molecule is Cc1c(F)cc(C2(CN)CC2)c(C)c1F. The minimum absolute atomic E-state index is 0.101. The summed E-state index contributed by atoms with van der Waals surface area (Å²) >= 11 is 0. The zero-order valence-electron chi connectivity index (χ0n) is 9.03. The van der Waals surface area contributed by atoms with Crippen molar-refractivity contribution in [3.05, 3.63) is 34.4 Å². The van der Waals surface area contributed by atoms with Crippen molar-refractivity contribution in [2.75, 3.05) is 6.54 Å². The van der Waals surface area contributed by atoms with Crippen molar-refractivity contribution in [3.63, 3.8) is 0 Å².